The molecule has 33 heavy (non-hydrogen) atoms. The highest BCUT2D eigenvalue weighted by atomic mass is 127. The minimum Gasteiger partial charge on any atom is -0.497 e. The van der Waals surface area contributed by atoms with Gasteiger partial charge in [0.15, 0.2) is 5.96 Å². The van der Waals surface area contributed by atoms with Gasteiger partial charge < -0.3 is 24.8 Å². The van der Waals surface area contributed by atoms with Crippen molar-refractivity contribution in [3.05, 3.63) is 42.0 Å². The van der Waals surface area contributed by atoms with Gasteiger partial charge in [-0.15, -0.1) is 34.2 Å². The second kappa shape index (κ2) is 16.7. The predicted molar refractivity (Wildman–Crippen MR) is 147 cm³/mol. The molecule has 1 atom stereocenters. The highest BCUT2D eigenvalue weighted by Crippen LogP contribution is 2.12. The van der Waals surface area contributed by atoms with Gasteiger partial charge >= 0.3 is 0 Å². The summed E-state index contributed by atoms with van der Waals surface area (Å²) < 4.78 is 7.33. The number of aryl methyl sites for hydroxylation is 1. The Balaban J connectivity index is 0.00000544. The Hall–Kier alpha value is -1.88. The van der Waals surface area contributed by atoms with Gasteiger partial charge in [-0.1, -0.05) is 32.9 Å². The van der Waals surface area contributed by atoms with Crippen molar-refractivity contribution in [2.45, 2.75) is 66.1 Å². The van der Waals surface area contributed by atoms with Crippen LogP contribution in [0.1, 0.15) is 51.9 Å². The van der Waals surface area contributed by atoms with E-state index in [4.69, 9.17) is 9.73 Å². The number of guanidine groups is 1. The molecule has 0 aliphatic heterocycles. The molecule has 1 aromatic carbocycles. The number of aromatic nitrogens is 3. The fourth-order valence-electron chi connectivity index (χ4n) is 3.55. The minimum absolute atomic E-state index is 0. The number of methoxy groups -OCH3 is 1. The van der Waals surface area contributed by atoms with Crippen LogP contribution in [0.4, 0.5) is 0 Å². The van der Waals surface area contributed by atoms with E-state index < -0.39 is 0 Å². The zero-order chi connectivity index (χ0) is 23.2. The molecule has 0 bridgehead atoms. The molecule has 8 nitrogen and oxygen atoms in total. The largest absolute Gasteiger partial charge is 0.497 e. The summed E-state index contributed by atoms with van der Waals surface area (Å²) in [5.41, 5.74) is 1.15. The van der Waals surface area contributed by atoms with Crippen molar-refractivity contribution in [2.75, 3.05) is 33.3 Å². The zero-order valence-electron chi connectivity index (χ0n) is 20.9. The molecule has 0 saturated heterocycles. The molecule has 0 aliphatic carbocycles. The van der Waals surface area contributed by atoms with Gasteiger partial charge in [-0.05, 0) is 57.1 Å². The number of hydrogen-bond donors (Lipinski definition) is 2. The number of aliphatic imine (C=N–C) groups is 1. The predicted octanol–water partition coefficient (Wildman–Crippen LogP) is 3.71. The monoisotopic (exact) mass is 571 g/mol. The maximum absolute atomic E-state index is 5.25. The first-order valence-corrected chi connectivity index (χ1v) is 11.9. The zero-order valence-corrected chi connectivity index (χ0v) is 23.2. The van der Waals surface area contributed by atoms with Gasteiger partial charge in [0.1, 0.15) is 17.9 Å². The number of nitrogens with one attached hydrogen (secondary N) is 2. The van der Waals surface area contributed by atoms with Crippen LogP contribution >= 0.6 is 24.0 Å². The number of rotatable bonds is 14. The van der Waals surface area contributed by atoms with E-state index in [0.717, 1.165) is 68.7 Å². The third kappa shape index (κ3) is 10.7. The number of halogens is 1. The lowest BCUT2D eigenvalue weighted by atomic mass is 10.2. The van der Waals surface area contributed by atoms with Crippen LogP contribution in [0.5, 0.6) is 5.75 Å². The van der Waals surface area contributed by atoms with Crippen molar-refractivity contribution in [2.24, 2.45) is 4.99 Å². The van der Waals surface area contributed by atoms with E-state index in [2.05, 4.69) is 70.1 Å². The fourth-order valence-corrected chi connectivity index (χ4v) is 3.55. The van der Waals surface area contributed by atoms with Crippen LogP contribution in [0.15, 0.2) is 35.6 Å². The first-order chi connectivity index (χ1) is 15.6. The van der Waals surface area contributed by atoms with Gasteiger partial charge in [0.25, 0.3) is 0 Å². The molecule has 1 heterocycles. The Morgan fingerprint density at radius 2 is 1.91 bits per heavy atom. The number of nitrogens with zero attached hydrogens (tertiary/aromatic N) is 5. The summed E-state index contributed by atoms with van der Waals surface area (Å²) in [5, 5.41) is 15.2. The van der Waals surface area contributed by atoms with Crippen LogP contribution in [0.2, 0.25) is 0 Å². The van der Waals surface area contributed by atoms with Crippen LogP contribution in [0.25, 0.3) is 0 Å². The van der Waals surface area contributed by atoms with Gasteiger partial charge in [0, 0.05) is 25.6 Å². The van der Waals surface area contributed by atoms with E-state index >= 15 is 0 Å². The molecule has 0 aliphatic rings. The molecule has 0 amide bonds. The van der Waals surface area contributed by atoms with Gasteiger partial charge in [0.05, 0.1) is 13.7 Å². The van der Waals surface area contributed by atoms with Crippen LogP contribution in [-0.4, -0.2) is 65.0 Å². The molecule has 1 unspecified atom stereocenters. The first-order valence-electron chi connectivity index (χ1n) is 11.9. The highest BCUT2D eigenvalue weighted by Gasteiger charge is 2.08. The second-order valence-electron chi connectivity index (χ2n) is 7.95. The lowest BCUT2D eigenvalue weighted by Crippen LogP contribution is -2.43. The van der Waals surface area contributed by atoms with E-state index in [9.17, 15) is 0 Å². The molecule has 0 spiro atoms. The smallest absolute Gasteiger partial charge is 0.191 e. The molecule has 186 valence electrons. The normalized spacial score (nSPS) is 12.4. The standard InChI is InChI=1S/C24H41N7O.HI/c1-6-23-29-27-19-31(23)17-15-25-24(26-18-21-11-13-22(32-5)14-12-21)28-20(4)10-9-16-30(7-2)8-3;/h11-14,19-20H,6-10,15-18H2,1-5H3,(H2,25,26,28);1H. The molecule has 2 aromatic rings. The second-order valence-corrected chi connectivity index (χ2v) is 7.95. The molecular formula is C24H42IN7O. The maximum Gasteiger partial charge on any atom is 0.191 e. The SMILES string of the molecule is CCc1nncn1CCNC(=NCc1ccc(OC)cc1)NC(C)CCCN(CC)CC.I. The van der Waals surface area contributed by atoms with Crippen LogP contribution < -0.4 is 15.4 Å². The average Bonchev–Trinajstić information content (AvgIpc) is 3.28. The van der Waals surface area contributed by atoms with Crippen molar-refractivity contribution >= 4 is 29.9 Å². The quantitative estimate of drug-likeness (QED) is 0.205. The average molecular weight is 572 g/mol. The lowest BCUT2D eigenvalue weighted by Gasteiger charge is -2.21. The third-order valence-corrected chi connectivity index (χ3v) is 5.62. The fraction of sp³-hybridized carbons (Fsp3) is 0.625. The molecule has 0 radical (unpaired) electrons. The van der Waals surface area contributed by atoms with Crippen molar-refractivity contribution in [1.29, 1.82) is 0 Å². The summed E-state index contributed by atoms with van der Waals surface area (Å²) in [7, 11) is 1.68. The van der Waals surface area contributed by atoms with E-state index in [0.29, 0.717) is 12.6 Å². The van der Waals surface area contributed by atoms with E-state index in [1.54, 1.807) is 13.4 Å². The Morgan fingerprint density at radius 1 is 1.18 bits per heavy atom. The van der Waals surface area contributed by atoms with Crippen LogP contribution in [0.3, 0.4) is 0 Å². The molecule has 0 saturated carbocycles. The Kier molecular flexibility index (Phi) is 14.7. The summed E-state index contributed by atoms with van der Waals surface area (Å²) in [4.78, 5) is 7.30. The molecule has 2 N–H and O–H groups in total. The maximum atomic E-state index is 5.25. The Labute approximate surface area is 216 Å². The number of ether oxygens (including phenoxy) is 1. The minimum atomic E-state index is 0. The first kappa shape index (κ1) is 29.2. The number of hydrogen-bond acceptors (Lipinski definition) is 5. The summed E-state index contributed by atoms with van der Waals surface area (Å²) in [6, 6.07) is 8.39. The molecule has 9 heteroatoms. The highest BCUT2D eigenvalue weighted by molar-refractivity contribution is 14.0. The van der Waals surface area contributed by atoms with E-state index in [-0.39, 0.29) is 24.0 Å². The van der Waals surface area contributed by atoms with Crippen molar-refractivity contribution < 1.29 is 4.74 Å². The molecule has 1 aromatic heterocycles. The molecule has 0 fully saturated rings. The third-order valence-electron chi connectivity index (χ3n) is 5.62. The lowest BCUT2D eigenvalue weighted by molar-refractivity contribution is 0.292. The van der Waals surface area contributed by atoms with Gasteiger partial charge in [-0.3, -0.25) is 0 Å². The topological polar surface area (TPSA) is 79.6 Å². The number of benzene rings is 1. The molecule has 2 rings (SSSR count). The van der Waals surface area contributed by atoms with Crippen LogP contribution in [0, 0.1) is 0 Å². The van der Waals surface area contributed by atoms with Gasteiger partial charge in [0.2, 0.25) is 0 Å². The van der Waals surface area contributed by atoms with Crippen molar-refractivity contribution in [1.82, 2.24) is 30.3 Å². The Bertz CT molecular complexity index is 790. The summed E-state index contributed by atoms with van der Waals surface area (Å²) in [6.07, 6.45) is 4.94. The van der Waals surface area contributed by atoms with Crippen molar-refractivity contribution in [3.8, 4) is 5.75 Å². The van der Waals surface area contributed by atoms with Crippen LogP contribution in [-0.2, 0) is 19.5 Å². The summed E-state index contributed by atoms with van der Waals surface area (Å²) >= 11 is 0. The van der Waals surface area contributed by atoms with E-state index in [1.165, 1.54) is 6.42 Å². The molecular weight excluding hydrogens is 529 g/mol. The van der Waals surface area contributed by atoms with Gasteiger partial charge in [-0.25, -0.2) is 4.99 Å². The van der Waals surface area contributed by atoms with Gasteiger partial charge in [-0.2, -0.15) is 0 Å². The van der Waals surface area contributed by atoms with E-state index in [1.807, 2.05) is 12.1 Å². The summed E-state index contributed by atoms with van der Waals surface area (Å²) in [5.74, 6) is 2.69. The van der Waals surface area contributed by atoms with Crippen molar-refractivity contribution in [3.63, 3.8) is 0 Å². The summed E-state index contributed by atoms with van der Waals surface area (Å²) in [6.45, 7) is 14.3. The Morgan fingerprint density at radius 3 is 2.55 bits per heavy atom.